The zero-order chi connectivity index (χ0) is 24.6. The van der Waals surface area contributed by atoms with Crippen molar-refractivity contribution in [2.24, 2.45) is 10.8 Å². The lowest BCUT2D eigenvalue weighted by Crippen LogP contribution is -2.36. The Morgan fingerprint density at radius 1 is 0.882 bits per heavy atom. The Kier molecular flexibility index (Phi) is 7.11. The van der Waals surface area contributed by atoms with Crippen LogP contribution < -0.4 is 10.6 Å². The predicted octanol–water partition coefficient (Wildman–Crippen LogP) is 4.17. The van der Waals surface area contributed by atoms with Crippen LogP contribution in [0.5, 0.6) is 0 Å². The number of carbonyl (C=O) groups excluding carboxylic acids is 2. The van der Waals surface area contributed by atoms with Gasteiger partial charge in [0.05, 0.1) is 0 Å². The van der Waals surface area contributed by atoms with Crippen molar-refractivity contribution in [3.05, 3.63) is 10.0 Å². The molecule has 34 heavy (non-hydrogen) atoms. The van der Waals surface area contributed by atoms with Crippen molar-refractivity contribution in [3.63, 3.8) is 0 Å². The van der Waals surface area contributed by atoms with E-state index in [4.69, 9.17) is 0 Å². The highest BCUT2D eigenvalue weighted by molar-refractivity contribution is 7.99. The highest BCUT2D eigenvalue weighted by Gasteiger charge is 2.68. The Bertz CT molecular complexity index is 1050. The zero-order valence-corrected chi connectivity index (χ0v) is 19.9. The minimum atomic E-state index is -4.58. The number of carbonyl (C=O) groups is 2. The fraction of sp³-hybridized carbons (Fsp3) is 0.667. The van der Waals surface area contributed by atoms with Crippen LogP contribution >= 0.6 is 34.4 Å². The van der Waals surface area contributed by atoms with E-state index in [2.05, 4.69) is 31.0 Å². The van der Waals surface area contributed by atoms with E-state index >= 15 is 0 Å². The van der Waals surface area contributed by atoms with E-state index in [1.54, 1.807) is 11.8 Å². The van der Waals surface area contributed by atoms with Crippen LogP contribution in [0, 0.1) is 10.8 Å². The fourth-order valence-corrected chi connectivity index (χ4v) is 5.72. The van der Waals surface area contributed by atoms with Crippen molar-refractivity contribution in [1.29, 1.82) is 0 Å². The molecule has 2 aromatic heterocycles. The van der Waals surface area contributed by atoms with Crippen molar-refractivity contribution in [1.82, 2.24) is 20.4 Å². The summed E-state index contributed by atoms with van der Waals surface area (Å²) in [5, 5.41) is 21.6. The quantitative estimate of drug-likeness (QED) is 0.324. The highest BCUT2D eigenvalue weighted by atomic mass is 32.2. The van der Waals surface area contributed by atoms with Crippen LogP contribution in [-0.2, 0) is 22.4 Å². The normalized spacial score (nSPS) is 18.1. The summed E-state index contributed by atoms with van der Waals surface area (Å²) in [6.07, 6.45) is -6.30. The van der Waals surface area contributed by atoms with Crippen LogP contribution in [0.2, 0.25) is 0 Å². The first-order valence-corrected chi connectivity index (χ1v) is 13.0. The third kappa shape index (κ3) is 5.32. The van der Waals surface area contributed by atoms with Gasteiger partial charge in [0, 0.05) is 12.8 Å². The molecule has 4 rings (SSSR count). The number of anilines is 2. The van der Waals surface area contributed by atoms with Gasteiger partial charge < -0.3 is 0 Å². The van der Waals surface area contributed by atoms with Gasteiger partial charge >= 0.3 is 6.18 Å². The summed E-state index contributed by atoms with van der Waals surface area (Å²) in [6.45, 7) is 0. The monoisotopic (exact) mass is 542 g/mol. The maximum absolute atomic E-state index is 13.0. The molecule has 0 spiro atoms. The standard InChI is InChI=1S/C18H19F5N6O2S3/c19-11(20)16(3-4-16)12(30)24-14-28-26-9(33-14)1-7-32-8-2-10-27-29-15(34-10)25-13(31)17(5-6-17)18(21,22)23/h11H,1-8H2,(H,24,28,30)(H,25,29,31). The van der Waals surface area contributed by atoms with Gasteiger partial charge in [0.2, 0.25) is 22.1 Å². The van der Waals surface area contributed by atoms with E-state index in [1.165, 1.54) is 0 Å². The minimum Gasteiger partial charge on any atom is -0.300 e. The van der Waals surface area contributed by atoms with E-state index in [0.717, 1.165) is 22.7 Å². The summed E-state index contributed by atoms with van der Waals surface area (Å²) >= 11 is 3.76. The van der Waals surface area contributed by atoms with E-state index in [-0.39, 0.29) is 35.9 Å². The topological polar surface area (TPSA) is 110 Å². The van der Waals surface area contributed by atoms with Crippen LogP contribution in [0.15, 0.2) is 0 Å². The number of thioether (sulfide) groups is 1. The van der Waals surface area contributed by atoms with Gasteiger partial charge in [-0.1, -0.05) is 22.7 Å². The Hall–Kier alpha value is -1.94. The maximum Gasteiger partial charge on any atom is 0.403 e. The molecule has 2 fully saturated rings. The van der Waals surface area contributed by atoms with Crippen LogP contribution in [0.1, 0.15) is 35.7 Å². The average Bonchev–Trinajstić information content (AvgIpc) is 3.66. The smallest absolute Gasteiger partial charge is 0.300 e. The average molecular weight is 543 g/mol. The molecule has 2 aliphatic rings. The number of rotatable bonds is 11. The zero-order valence-electron chi connectivity index (χ0n) is 17.5. The summed E-state index contributed by atoms with van der Waals surface area (Å²) < 4.78 is 65.0. The molecule has 0 bridgehead atoms. The van der Waals surface area contributed by atoms with E-state index < -0.39 is 35.2 Å². The second kappa shape index (κ2) is 9.60. The fourth-order valence-electron chi connectivity index (χ4n) is 3.11. The molecule has 2 aliphatic carbocycles. The van der Waals surface area contributed by atoms with Gasteiger partial charge in [-0.15, -0.1) is 20.4 Å². The van der Waals surface area contributed by atoms with Gasteiger partial charge in [0.15, 0.2) is 0 Å². The first-order chi connectivity index (χ1) is 16.1. The van der Waals surface area contributed by atoms with Crippen LogP contribution in [0.25, 0.3) is 0 Å². The van der Waals surface area contributed by atoms with Crippen LogP contribution in [-0.4, -0.2) is 56.3 Å². The molecular weight excluding hydrogens is 523 g/mol. The molecule has 2 N–H and O–H groups in total. The summed E-state index contributed by atoms with van der Waals surface area (Å²) in [5.41, 5.74) is -3.89. The SMILES string of the molecule is O=C(Nc1nnc(CCSCCc2nnc(NC(=O)C3(C(F)(F)F)CC3)s2)s1)C1(C(F)F)CC1. The number of amides is 2. The molecule has 0 radical (unpaired) electrons. The lowest BCUT2D eigenvalue weighted by atomic mass is 10.1. The van der Waals surface area contributed by atoms with Crippen LogP contribution in [0.4, 0.5) is 32.2 Å². The molecule has 0 saturated heterocycles. The van der Waals surface area contributed by atoms with Crippen molar-refractivity contribution in [2.45, 2.75) is 51.1 Å². The van der Waals surface area contributed by atoms with Crippen molar-refractivity contribution in [2.75, 3.05) is 22.1 Å². The summed E-state index contributed by atoms with van der Waals surface area (Å²) in [6, 6.07) is 0. The van der Waals surface area contributed by atoms with Gasteiger partial charge in [-0.2, -0.15) is 24.9 Å². The highest BCUT2D eigenvalue weighted by Crippen LogP contribution is 2.58. The van der Waals surface area contributed by atoms with Crippen molar-refractivity contribution >= 4 is 56.5 Å². The molecule has 2 aromatic rings. The number of alkyl halides is 5. The van der Waals surface area contributed by atoms with E-state index in [1.807, 2.05) is 0 Å². The molecule has 16 heteroatoms. The van der Waals surface area contributed by atoms with Gasteiger partial charge in [0.25, 0.3) is 6.43 Å². The van der Waals surface area contributed by atoms with Gasteiger partial charge in [-0.25, -0.2) is 8.78 Å². The van der Waals surface area contributed by atoms with Crippen molar-refractivity contribution in [3.8, 4) is 0 Å². The molecule has 0 unspecified atom stereocenters. The predicted molar refractivity (Wildman–Crippen MR) is 117 cm³/mol. The number of nitrogens with one attached hydrogen (secondary N) is 2. The maximum atomic E-state index is 13.0. The molecule has 0 aromatic carbocycles. The molecule has 186 valence electrons. The molecule has 0 aliphatic heterocycles. The number of halogens is 5. The molecule has 0 atom stereocenters. The van der Waals surface area contributed by atoms with Gasteiger partial charge in [-0.05, 0) is 37.2 Å². The van der Waals surface area contributed by atoms with E-state index in [9.17, 15) is 31.5 Å². The first kappa shape index (κ1) is 25.2. The number of nitrogens with zero attached hydrogens (tertiary/aromatic N) is 4. The second-order valence-electron chi connectivity index (χ2n) is 8.06. The van der Waals surface area contributed by atoms with Crippen LogP contribution in [0.3, 0.4) is 0 Å². The van der Waals surface area contributed by atoms with Crippen molar-refractivity contribution < 1.29 is 31.5 Å². The largest absolute Gasteiger partial charge is 0.403 e. The molecular formula is C18H19F5N6O2S3. The molecule has 2 amide bonds. The lowest BCUT2D eigenvalue weighted by Gasteiger charge is -2.17. The Morgan fingerprint density at radius 2 is 1.38 bits per heavy atom. The second-order valence-corrected chi connectivity index (χ2v) is 11.4. The minimum absolute atomic E-state index is 0.0452. The van der Waals surface area contributed by atoms with Gasteiger partial charge in [-0.3, -0.25) is 20.2 Å². The molecule has 2 heterocycles. The Labute approximate surface area is 202 Å². The molecule has 8 nitrogen and oxygen atoms in total. The first-order valence-electron chi connectivity index (χ1n) is 10.3. The third-order valence-electron chi connectivity index (χ3n) is 5.68. The van der Waals surface area contributed by atoms with Gasteiger partial charge in [0.1, 0.15) is 20.8 Å². The van der Waals surface area contributed by atoms with E-state index in [0.29, 0.717) is 34.4 Å². The summed E-state index contributed by atoms with van der Waals surface area (Å²) in [5.74, 6) is -0.474. The number of aromatic nitrogens is 4. The molecule has 2 saturated carbocycles. The number of hydrogen-bond donors (Lipinski definition) is 2. The lowest BCUT2D eigenvalue weighted by molar-refractivity contribution is -0.189. The Balaban J connectivity index is 1.15. The number of hydrogen-bond acceptors (Lipinski definition) is 9. The third-order valence-corrected chi connectivity index (χ3v) is 8.46. The number of aryl methyl sites for hydroxylation is 2. The Morgan fingerprint density at radius 3 is 1.79 bits per heavy atom. The summed E-state index contributed by atoms with van der Waals surface area (Å²) in [7, 11) is 0. The summed E-state index contributed by atoms with van der Waals surface area (Å²) in [4.78, 5) is 24.0.